The average molecular weight is 212 g/mol. The Kier molecular flexibility index (Phi) is 5.09. The van der Waals surface area contributed by atoms with Crippen LogP contribution in [0.3, 0.4) is 0 Å². The molecule has 0 heterocycles. The molecule has 0 bridgehead atoms. The fraction of sp³-hybridized carbons (Fsp3) is 0.917. The standard InChI is InChI=1S/C12H24N2O/c1-3-11(13)12(15)14(2)10-8-6-4-5-7-9-10/h10-11H,3-9,13H2,1-2H3/t11-/m0/s1. The lowest BCUT2D eigenvalue weighted by Gasteiger charge is -2.29. The summed E-state index contributed by atoms with van der Waals surface area (Å²) in [6.07, 6.45) is 8.18. The zero-order chi connectivity index (χ0) is 11.3. The van der Waals surface area contributed by atoms with Gasteiger partial charge in [-0.15, -0.1) is 0 Å². The minimum absolute atomic E-state index is 0.115. The Bertz CT molecular complexity index is 198. The highest BCUT2D eigenvalue weighted by Gasteiger charge is 2.23. The highest BCUT2D eigenvalue weighted by molar-refractivity contribution is 5.81. The summed E-state index contributed by atoms with van der Waals surface area (Å²) < 4.78 is 0. The van der Waals surface area contributed by atoms with Crippen LogP contribution < -0.4 is 5.73 Å². The summed E-state index contributed by atoms with van der Waals surface area (Å²) in [5.41, 5.74) is 5.77. The Labute approximate surface area is 93.0 Å². The summed E-state index contributed by atoms with van der Waals surface area (Å²) >= 11 is 0. The van der Waals surface area contributed by atoms with Crippen LogP contribution in [0.1, 0.15) is 51.9 Å². The molecule has 0 unspecified atom stereocenters. The van der Waals surface area contributed by atoms with Crippen LogP contribution in [-0.2, 0) is 4.79 Å². The largest absolute Gasteiger partial charge is 0.341 e. The monoisotopic (exact) mass is 212 g/mol. The maximum atomic E-state index is 11.9. The van der Waals surface area contributed by atoms with Gasteiger partial charge < -0.3 is 10.6 Å². The van der Waals surface area contributed by atoms with Gasteiger partial charge in [0.05, 0.1) is 6.04 Å². The van der Waals surface area contributed by atoms with Crippen LogP contribution in [0.25, 0.3) is 0 Å². The Morgan fingerprint density at radius 3 is 2.33 bits per heavy atom. The summed E-state index contributed by atoms with van der Waals surface area (Å²) in [6.45, 7) is 1.96. The minimum Gasteiger partial charge on any atom is -0.341 e. The Morgan fingerprint density at radius 1 is 1.33 bits per heavy atom. The number of carbonyl (C=O) groups excluding carboxylic acids is 1. The Hall–Kier alpha value is -0.570. The van der Waals surface area contributed by atoms with E-state index in [0.717, 1.165) is 19.3 Å². The average Bonchev–Trinajstić information content (AvgIpc) is 2.54. The highest BCUT2D eigenvalue weighted by Crippen LogP contribution is 2.21. The molecular formula is C12H24N2O. The van der Waals surface area contributed by atoms with E-state index in [2.05, 4.69) is 0 Å². The molecule has 1 aliphatic rings. The molecule has 0 aromatic carbocycles. The molecule has 88 valence electrons. The van der Waals surface area contributed by atoms with Crippen LogP contribution in [-0.4, -0.2) is 29.9 Å². The number of hydrogen-bond acceptors (Lipinski definition) is 2. The number of likely N-dealkylation sites (N-methyl/N-ethyl adjacent to an activating group) is 1. The van der Waals surface area contributed by atoms with E-state index in [9.17, 15) is 4.79 Å². The van der Waals surface area contributed by atoms with Crippen LogP contribution in [0.5, 0.6) is 0 Å². The molecule has 1 atom stereocenters. The molecular weight excluding hydrogens is 188 g/mol. The third kappa shape index (κ3) is 3.49. The molecule has 1 saturated carbocycles. The van der Waals surface area contributed by atoms with Crippen molar-refractivity contribution in [3.05, 3.63) is 0 Å². The lowest BCUT2D eigenvalue weighted by Crippen LogP contribution is -2.46. The second-order valence-electron chi connectivity index (χ2n) is 4.61. The topological polar surface area (TPSA) is 46.3 Å². The van der Waals surface area contributed by atoms with Crippen molar-refractivity contribution in [2.45, 2.75) is 64.0 Å². The molecule has 3 heteroatoms. The fourth-order valence-corrected chi connectivity index (χ4v) is 2.26. The molecule has 15 heavy (non-hydrogen) atoms. The number of nitrogens with zero attached hydrogens (tertiary/aromatic N) is 1. The first-order valence-electron chi connectivity index (χ1n) is 6.19. The van der Waals surface area contributed by atoms with Gasteiger partial charge in [0.25, 0.3) is 0 Å². The van der Waals surface area contributed by atoms with E-state index in [-0.39, 0.29) is 11.9 Å². The van der Waals surface area contributed by atoms with Crippen molar-refractivity contribution in [2.75, 3.05) is 7.05 Å². The fourth-order valence-electron chi connectivity index (χ4n) is 2.26. The molecule has 2 N–H and O–H groups in total. The quantitative estimate of drug-likeness (QED) is 0.726. The Balaban J connectivity index is 2.49. The maximum absolute atomic E-state index is 11.9. The van der Waals surface area contributed by atoms with E-state index in [1.54, 1.807) is 0 Å². The van der Waals surface area contributed by atoms with E-state index in [1.807, 2.05) is 18.9 Å². The minimum atomic E-state index is -0.307. The van der Waals surface area contributed by atoms with Gasteiger partial charge in [0.2, 0.25) is 5.91 Å². The summed E-state index contributed by atoms with van der Waals surface area (Å²) in [5.74, 6) is 0.115. The van der Waals surface area contributed by atoms with E-state index < -0.39 is 0 Å². The van der Waals surface area contributed by atoms with E-state index in [0.29, 0.717) is 6.04 Å². The molecule has 0 saturated heterocycles. The number of rotatable bonds is 3. The van der Waals surface area contributed by atoms with Gasteiger partial charge in [0.1, 0.15) is 0 Å². The van der Waals surface area contributed by atoms with E-state index in [4.69, 9.17) is 5.73 Å². The van der Waals surface area contributed by atoms with Gasteiger partial charge in [-0.3, -0.25) is 4.79 Å². The van der Waals surface area contributed by atoms with Crippen molar-refractivity contribution in [1.29, 1.82) is 0 Å². The van der Waals surface area contributed by atoms with Crippen molar-refractivity contribution < 1.29 is 4.79 Å². The SMILES string of the molecule is CC[C@H](N)C(=O)N(C)C1CCCCCC1. The van der Waals surface area contributed by atoms with Crippen molar-refractivity contribution >= 4 is 5.91 Å². The predicted octanol–water partition coefficient (Wildman–Crippen LogP) is 1.90. The second-order valence-corrected chi connectivity index (χ2v) is 4.61. The number of nitrogens with two attached hydrogens (primary N) is 1. The normalized spacial score (nSPS) is 20.7. The van der Waals surface area contributed by atoms with Gasteiger partial charge in [-0.05, 0) is 19.3 Å². The lowest BCUT2D eigenvalue weighted by atomic mass is 10.1. The van der Waals surface area contributed by atoms with Crippen LogP contribution in [0, 0.1) is 0 Å². The molecule has 1 amide bonds. The zero-order valence-corrected chi connectivity index (χ0v) is 10.0. The van der Waals surface area contributed by atoms with Crippen LogP contribution >= 0.6 is 0 Å². The van der Waals surface area contributed by atoms with Crippen LogP contribution in [0.15, 0.2) is 0 Å². The number of carbonyl (C=O) groups is 1. The molecule has 0 aromatic heterocycles. The van der Waals surface area contributed by atoms with Crippen molar-refractivity contribution in [1.82, 2.24) is 4.90 Å². The zero-order valence-electron chi connectivity index (χ0n) is 10.0. The van der Waals surface area contributed by atoms with Crippen LogP contribution in [0.4, 0.5) is 0 Å². The number of hydrogen-bond donors (Lipinski definition) is 1. The van der Waals surface area contributed by atoms with Gasteiger partial charge in [0, 0.05) is 13.1 Å². The lowest BCUT2D eigenvalue weighted by molar-refractivity contribution is -0.133. The predicted molar refractivity (Wildman–Crippen MR) is 62.5 cm³/mol. The molecule has 0 aliphatic heterocycles. The van der Waals surface area contributed by atoms with Crippen molar-refractivity contribution in [3.63, 3.8) is 0 Å². The highest BCUT2D eigenvalue weighted by atomic mass is 16.2. The first-order chi connectivity index (χ1) is 7.16. The maximum Gasteiger partial charge on any atom is 0.239 e. The van der Waals surface area contributed by atoms with Gasteiger partial charge in [-0.25, -0.2) is 0 Å². The molecule has 1 fully saturated rings. The molecule has 0 spiro atoms. The molecule has 0 aromatic rings. The summed E-state index contributed by atoms with van der Waals surface area (Å²) in [7, 11) is 1.91. The first-order valence-corrected chi connectivity index (χ1v) is 6.19. The Morgan fingerprint density at radius 2 is 1.87 bits per heavy atom. The molecule has 0 radical (unpaired) electrons. The summed E-state index contributed by atoms with van der Waals surface area (Å²) in [6, 6.07) is 0.121. The molecule has 1 rings (SSSR count). The van der Waals surface area contributed by atoms with E-state index >= 15 is 0 Å². The van der Waals surface area contributed by atoms with Crippen molar-refractivity contribution in [2.24, 2.45) is 5.73 Å². The van der Waals surface area contributed by atoms with E-state index in [1.165, 1.54) is 25.7 Å². The van der Waals surface area contributed by atoms with Gasteiger partial charge in [0.15, 0.2) is 0 Å². The van der Waals surface area contributed by atoms with Crippen molar-refractivity contribution in [3.8, 4) is 0 Å². The first kappa shape index (κ1) is 12.5. The van der Waals surface area contributed by atoms with Crippen LogP contribution in [0.2, 0.25) is 0 Å². The number of amides is 1. The third-order valence-electron chi connectivity index (χ3n) is 3.48. The summed E-state index contributed by atoms with van der Waals surface area (Å²) in [4.78, 5) is 13.8. The van der Waals surface area contributed by atoms with Gasteiger partial charge in [-0.2, -0.15) is 0 Å². The summed E-state index contributed by atoms with van der Waals surface area (Å²) in [5, 5.41) is 0. The smallest absolute Gasteiger partial charge is 0.239 e. The van der Waals surface area contributed by atoms with Gasteiger partial charge in [-0.1, -0.05) is 32.6 Å². The molecule has 1 aliphatic carbocycles. The third-order valence-corrected chi connectivity index (χ3v) is 3.48. The second kappa shape index (κ2) is 6.11. The van der Waals surface area contributed by atoms with Gasteiger partial charge >= 0.3 is 0 Å². The molecule has 3 nitrogen and oxygen atoms in total.